The van der Waals surface area contributed by atoms with E-state index in [1.54, 1.807) is 12.3 Å². The van der Waals surface area contributed by atoms with E-state index in [1.807, 2.05) is 48.5 Å². The lowest BCUT2D eigenvalue weighted by atomic mass is 10.1. The lowest BCUT2D eigenvalue weighted by molar-refractivity contribution is 0.450. The number of phenols is 2. The lowest BCUT2D eigenvalue weighted by Crippen LogP contribution is -1.84. The quantitative estimate of drug-likeness (QED) is 0.503. The van der Waals surface area contributed by atoms with Crippen LogP contribution in [0.25, 0.3) is 11.1 Å². The molecule has 4 N–H and O–H groups in total. The Hall–Kier alpha value is -3.27. The van der Waals surface area contributed by atoms with Crippen molar-refractivity contribution in [1.82, 2.24) is 0 Å². The third-order valence-corrected chi connectivity index (χ3v) is 3.48. The minimum Gasteiger partial charge on any atom is -0.508 e. The minimum absolute atomic E-state index is 0.00718. The first kappa shape index (κ1) is 14.7. The summed E-state index contributed by atoms with van der Waals surface area (Å²) in [6.07, 6.45) is 1.56. The Balaban J connectivity index is 1.79. The number of rotatable bonds is 3. The maximum absolute atomic E-state index is 9.72. The van der Waals surface area contributed by atoms with Crippen molar-refractivity contribution in [2.24, 2.45) is 4.99 Å². The Labute approximate surface area is 134 Å². The van der Waals surface area contributed by atoms with Gasteiger partial charge in [0.25, 0.3) is 0 Å². The van der Waals surface area contributed by atoms with E-state index in [-0.39, 0.29) is 11.5 Å². The van der Waals surface area contributed by atoms with Crippen molar-refractivity contribution in [2.45, 2.75) is 0 Å². The zero-order valence-corrected chi connectivity index (χ0v) is 12.3. The Bertz CT molecular complexity index is 838. The van der Waals surface area contributed by atoms with Gasteiger partial charge in [-0.15, -0.1) is 0 Å². The summed E-state index contributed by atoms with van der Waals surface area (Å²) in [4.78, 5) is 4.33. The topological polar surface area (TPSA) is 78.8 Å². The first-order valence-corrected chi connectivity index (χ1v) is 7.14. The van der Waals surface area contributed by atoms with Gasteiger partial charge in [0.2, 0.25) is 0 Å². The fourth-order valence-corrected chi connectivity index (χ4v) is 2.20. The highest BCUT2D eigenvalue weighted by Gasteiger charge is 2.00. The first-order chi connectivity index (χ1) is 11.1. The molecule has 4 nitrogen and oxygen atoms in total. The Morgan fingerprint density at radius 2 is 1.39 bits per heavy atom. The summed E-state index contributed by atoms with van der Waals surface area (Å²) in [6, 6.07) is 19.9. The summed E-state index contributed by atoms with van der Waals surface area (Å²) in [7, 11) is 0. The summed E-state index contributed by atoms with van der Waals surface area (Å²) in [5.74, 6) is 0.0137. The third-order valence-electron chi connectivity index (χ3n) is 3.48. The number of nitrogens with zero attached hydrogens (tertiary/aromatic N) is 1. The van der Waals surface area contributed by atoms with Crippen LogP contribution in [0.5, 0.6) is 11.5 Å². The van der Waals surface area contributed by atoms with E-state index in [0.29, 0.717) is 5.56 Å². The molecule has 0 bridgehead atoms. The SMILES string of the molecule is Nc1ccc(-c2ccc(N=Cc3ccc(O)cc3O)cc2)cc1. The van der Waals surface area contributed by atoms with Gasteiger partial charge >= 0.3 is 0 Å². The van der Waals surface area contributed by atoms with E-state index in [0.717, 1.165) is 22.5 Å². The van der Waals surface area contributed by atoms with Gasteiger partial charge < -0.3 is 15.9 Å². The van der Waals surface area contributed by atoms with Crippen LogP contribution in [-0.2, 0) is 0 Å². The molecule has 0 atom stereocenters. The van der Waals surface area contributed by atoms with Gasteiger partial charge in [-0.2, -0.15) is 0 Å². The second kappa shape index (κ2) is 6.23. The summed E-state index contributed by atoms with van der Waals surface area (Å²) in [5.41, 5.74) is 9.92. The average Bonchev–Trinajstić information content (AvgIpc) is 2.55. The smallest absolute Gasteiger partial charge is 0.128 e. The Morgan fingerprint density at radius 1 is 0.783 bits per heavy atom. The van der Waals surface area contributed by atoms with Crippen LogP contribution in [0.4, 0.5) is 11.4 Å². The maximum atomic E-state index is 9.72. The van der Waals surface area contributed by atoms with E-state index in [9.17, 15) is 10.2 Å². The molecule has 0 saturated heterocycles. The highest BCUT2D eigenvalue weighted by molar-refractivity contribution is 5.85. The number of hydrogen-bond donors (Lipinski definition) is 3. The van der Waals surface area contributed by atoms with Gasteiger partial charge in [-0.3, -0.25) is 4.99 Å². The number of hydrogen-bond acceptors (Lipinski definition) is 4. The molecule has 0 aliphatic rings. The van der Waals surface area contributed by atoms with Crippen molar-refractivity contribution in [3.8, 4) is 22.6 Å². The molecule has 0 amide bonds. The van der Waals surface area contributed by atoms with E-state index in [1.165, 1.54) is 12.1 Å². The molecule has 4 heteroatoms. The molecular formula is C19H16N2O2. The summed E-state index contributed by atoms with van der Waals surface area (Å²) in [5, 5.41) is 19.0. The standard InChI is InChI=1S/C19H16N2O2/c20-16-6-1-13(2-7-16)14-3-8-17(9-4-14)21-12-15-5-10-18(22)11-19(15)23/h1-12,22-23H,20H2. The number of nitrogen functional groups attached to an aromatic ring is 1. The third kappa shape index (κ3) is 3.49. The molecule has 0 saturated carbocycles. The average molecular weight is 304 g/mol. The van der Waals surface area contributed by atoms with Gasteiger partial charge in [-0.25, -0.2) is 0 Å². The molecule has 3 rings (SSSR count). The molecule has 0 aliphatic heterocycles. The van der Waals surface area contributed by atoms with Crippen LogP contribution in [0.1, 0.15) is 5.56 Å². The largest absolute Gasteiger partial charge is 0.508 e. The second-order valence-corrected chi connectivity index (χ2v) is 5.17. The molecule has 0 aliphatic carbocycles. The zero-order chi connectivity index (χ0) is 16.2. The van der Waals surface area contributed by atoms with Crippen molar-refractivity contribution in [2.75, 3.05) is 5.73 Å². The van der Waals surface area contributed by atoms with Gasteiger partial charge in [0, 0.05) is 23.5 Å². The van der Waals surface area contributed by atoms with Gasteiger partial charge in [-0.05, 0) is 47.5 Å². The predicted octanol–water partition coefficient (Wildman–Crippen LogP) is 4.10. The molecule has 3 aromatic carbocycles. The summed E-state index contributed by atoms with van der Waals surface area (Å²) >= 11 is 0. The number of anilines is 1. The molecule has 0 aromatic heterocycles. The van der Waals surface area contributed by atoms with Crippen molar-refractivity contribution < 1.29 is 10.2 Å². The van der Waals surface area contributed by atoms with E-state index < -0.39 is 0 Å². The monoisotopic (exact) mass is 304 g/mol. The molecule has 0 heterocycles. The van der Waals surface area contributed by atoms with E-state index in [2.05, 4.69) is 4.99 Å². The highest BCUT2D eigenvalue weighted by atomic mass is 16.3. The Kier molecular flexibility index (Phi) is 3.97. The second-order valence-electron chi connectivity index (χ2n) is 5.17. The van der Waals surface area contributed by atoms with Crippen molar-refractivity contribution in [1.29, 1.82) is 0 Å². The van der Waals surface area contributed by atoms with Crippen LogP contribution in [0.2, 0.25) is 0 Å². The fourth-order valence-electron chi connectivity index (χ4n) is 2.20. The van der Waals surface area contributed by atoms with Gasteiger partial charge in [-0.1, -0.05) is 24.3 Å². The fraction of sp³-hybridized carbons (Fsp3) is 0. The molecule has 114 valence electrons. The zero-order valence-electron chi connectivity index (χ0n) is 12.3. The number of benzene rings is 3. The van der Waals surface area contributed by atoms with Crippen LogP contribution >= 0.6 is 0 Å². The molecular weight excluding hydrogens is 288 g/mol. The van der Waals surface area contributed by atoms with Crippen LogP contribution in [0.3, 0.4) is 0 Å². The van der Waals surface area contributed by atoms with Gasteiger partial charge in [0.1, 0.15) is 11.5 Å². The van der Waals surface area contributed by atoms with E-state index >= 15 is 0 Å². The first-order valence-electron chi connectivity index (χ1n) is 7.14. The number of aliphatic imine (C=N–C) groups is 1. The van der Waals surface area contributed by atoms with Crippen LogP contribution in [0, 0.1) is 0 Å². The number of aromatic hydroxyl groups is 2. The molecule has 23 heavy (non-hydrogen) atoms. The van der Waals surface area contributed by atoms with Crippen molar-refractivity contribution in [3.05, 3.63) is 72.3 Å². The normalized spacial score (nSPS) is 11.0. The molecule has 0 spiro atoms. The molecule has 0 unspecified atom stereocenters. The van der Waals surface area contributed by atoms with Crippen molar-refractivity contribution in [3.63, 3.8) is 0 Å². The van der Waals surface area contributed by atoms with Crippen LogP contribution in [0.15, 0.2) is 71.7 Å². The number of nitrogens with two attached hydrogens (primary N) is 1. The van der Waals surface area contributed by atoms with Crippen molar-refractivity contribution >= 4 is 17.6 Å². The maximum Gasteiger partial charge on any atom is 0.128 e. The number of phenolic OH excluding ortho intramolecular Hbond substituents is 2. The highest BCUT2D eigenvalue weighted by Crippen LogP contribution is 2.25. The van der Waals surface area contributed by atoms with E-state index in [4.69, 9.17) is 5.73 Å². The summed E-state index contributed by atoms with van der Waals surface area (Å²) in [6.45, 7) is 0. The molecule has 0 radical (unpaired) electrons. The van der Waals surface area contributed by atoms with Gasteiger partial charge in [0.05, 0.1) is 5.69 Å². The molecule has 0 fully saturated rings. The van der Waals surface area contributed by atoms with Crippen LogP contribution in [-0.4, -0.2) is 16.4 Å². The summed E-state index contributed by atoms with van der Waals surface area (Å²) < 4.78 is 0. The lowest BCUT2D eigenvalue weighted by Gasteiger charge is -2.03. The van der Waals surface area contributed by atoms with Gasteiger partial charge in [0.15, 0.2) is 0 Å². The minimum atomic E-state index is -0.00718. The van der Waals surface area contributed by atoms with Crippen LogP contribution < -0.4 is 5.73 Å². The predicted molar refractivity (Wildman–Crippen MR) is 93.3 cm³/mol. The molecule has 3 aromatic rings. The Morgan fingerprint density at radius 3 is 2.00 bits per heavy atom.